The van der Waals surface area contributed by atoms with Crippen molar-refractivity contribution in [3.8, 4) is 0 Å². The molecule has 19 heavy (non-hydrogen) atoms. The Balaban J connectivity index is 2.20. The third-order valence-corrected chi connectivity index (χ3v) is 3.93. The molecule has 0 unspecified atom stereocenters. The Morgan fingerprint density at radius 3 is 2.63 bits per heavy atom. The topological polar surface area (TPSA) is 17.1 Å². The van der Waals surface area contributed by atoms with Crippen molar-refractivity contribution in [2.45, 2.75) is 24.5 Å². The van der Waals surface area contributed by atoms with Gasteiger partial charge in [-0.1, -0.05) is 35.9 Å². The minimum absolute atomic E-state index is 0.195. The summed E-state index contributed by atoms with van der Waals surface area (Å²) >= 11 is 1.49. The van der Waals surface area contributed by atoms with Gasteiger partial charge in [-0.3, -0.25) is 4.79 Å². The lowest BCUT2D eigenvalue weighted by Crippen LogP contribution is -1.99. The van der Waals surface area contributed by atoms with E-state index in [-0.39, 0.29) is 11.3 Å². The van der Waals surface area contributed by atoms with Crippen molar-refractivity contribution in [2.24, 2.45) is 0 Å². The largest absolute Gasteiger partial charge is 0.294 e. The van der Waals surface area contributed by atoms with E-state index in [2.05, 4.69) is 6.07 Å². The highest BCUT2D eigenvalue weighted by molar-refractivity contribution is 7.98. The minimum atomic E-state index is -0.443. The van der Waals surface area contributed by atoms with Gasteiger partial charge >= 0.3 is 0 Å². The molecule has 98 valence electrons. The van der Waals surface area contributed by atoms with Crippen LogP contribution in [0, 0.1) is 12.7 Å². The lowest BCUT2D eigenvalue weighted by Gasteiger charge is -2.08. The Hall–Kier alpha value is -1.61. The molecule has 0 amide bonds. The third kappa shape index (κ3) is 3.44. The third-order valence-electron chi connectivity index (χ3n) is 2.80. The van der Waals surface area contributed by atoms with Gasteiger partial charge in [0.25, 0.3) is 0 Å². The van der Waals surface area contributed by atoms with Gasteiger partial charge < -0.3 is 0 Å². The van der Waals surface area contributed by atoms with E-state index in [1.54, 1.807) is 12.1 Å². The fourth-order valence-corrected chi connectivity index (χ4v) is 2.99. The van der Waals surface area contributed by atoms with E-state index in [0.29, 0.717) is 4.90 Å². The Morgan fingerprint density at radius 1 is 1.21 bits per heavy atom. The second-order valence-electron chi connectivity index (χ2n) is 4.45. The summed E-state index contributed by atoms with van der Waals surface area (Å²) in [6.07, 6.45) is 0. The molecule has 0 N–H and O–H groups in total. The van der Waals surface area contributed by atoms with Crippen LogP contribution in [0.4, 0.5) is 4.39 Å². The first-order valence-corrected chi connectivity index (χ1v) is 7.04. The molecule has 2 rings (SSSR count). The van der Waals surface area contributed by atoms with Crippen LogP contribution in [0.2, 0.25) is 0 Å². The molecule has 0 aliphatic rings. The molecular weight excluding hydrogens is 259 g/mol. The fraction of sp³-hybridized carbons (Fsp3) is 0.188. The van der Waals surface area contributed by atoms with Crippen LogP contribution in [-0.4, -0.2) is 5.78 Å². The minimum Gasteiger partial charge on any atom is -0.294 e. The summed E-state index contributed by atoms with van der Waals surface area (Å²) in [5, 5.41) is 0. The average molecular weight is 274 g/mol. The first-order valence-electron chi connectivity index (χ1n) is 6.05. The number of Topliss-reactive ketones (excluding diaryl/α,β-unsaturated/α-hetero) is 1. The Bertz CT molecular complexity index is 607. The lowest BCUT2D eigenvalue weighted by molar-refractivity contribution is 0.101. The highest BCUT2D eigenvalue weighted by Gasteiger charge is 2.13. The van der Waals surface area contributed by atoms with Crippen molar-refractivity contribution in [3.05, 3.63) is 65.0 Å². The summed E-state index contributed by atoms with van der Waals surface area (Å²) < 4.78 is 13.7. The van der Waals surface area contributed by atoms with Crippen LogP contribution in [0.5, 0.6) is 0 Å². The van der Waals surface area contributed by atoms with Crippen molar-refractivity contribution in [1.29, 1.82) is 0 Å². The molecule has 1 nitrogen and oxygen atoms in total. The van der Waals surface area contributed by atoms with Gasteiger partial charge in [-0.2, -0.15) is 0 Å². The molecule has 0 saturated carbocycles. The number of carbonyl (C=O) groups excluding carboxylic acids is 1. The summed E-state index contributed by atoms with van der Waals surface area (Å²) in [6, 6.07) is 12.9. The van der Waals surface area contributed by atoms with Crippen LogP contribution < -0.4 is 0 Å². The molecular formula is C16H15FOS. The molecule has 0 heterocycles. The van der Waals surface area contributed by atoms with Gasteiger partial charge in [0.05, 0.1) is 5.56 Å². The van der Waals surface area contributed by atoms with Gasteiger partial charge in [-0.15, -0.1) is 11.8 Å². The van der Waals surface area contributed by atoms with E-state index >= 15 is 0 Å². The molecule has 3 heteroatoms. The van der Waals surface area contributed by atoms with Crippen molar-refractivity contribution in [1.82, 2.24) is 0 Å². The van der Waals surface area contributed by atoms with Crippen molar-refractivity contribution >= 4 is 17.5 Å². The maximum Gasteiger partial charge on any atom is 0.163 e. The number of aryl methyl sites for hydroxylation is 1. The molecule has 2 aromatic rings. The molecule has 0 aliphatic carbocycles. The number of rotatable bonds is 4. The zero-order chi connectivity index (χ0) is 13.8. The first kappa shape index (κ1) is 13.8. The van der Waals surface area contributed by atoms with Crippen LogP contribution in [-0.2, 0) is 5.75 Å². The van der Waals surface area contributed by atoms with E-state index in [4.69, 9.17) is 0 Å². The van der Waals surface area contributed by atoms with Crippen LogP contribution in [0.1, 0.15) is 28.4 Å². The number of ketones is 1. The number of hydrogen-bond donors (Lipinski definition) is 0. The maximum absolute atomic E-state index is 13.7. The van der Waals surface area contributed by atoms with Crippen LogP contribution >= 0.6 is 11.8 Å². The molecule has 0 aliphatic heterocycles. The zero-order valence-electron chi connectivity index (χ0n) is 10.9. The molecule has 0 fully saturated rings. The summed E-state index contributed by atoms with van der Waals surface area (Å²) in [5.41, 5.74) is 2.56. The number of halogens is 1. The Morgan fingerprint density at radius 2 is 1.95 bits per heavy atom. The number of carbonyl (C=O) groups is 1. The maximum atomic E-state index is 13.7. The van der Waals surface area contributed by atoms with Crippen LogP contribution in [0.3, 0.4) is 0 Å². The normalized spacial score (nSPS) is 10.5. The standard InChI is InChI=1S/C16H15FOS/c1-11-5-3-6-13(9-11)10-19-15-8-4-7-14(17)16(15)12(2)18/h3-9H,10H2,1-2H3. The molecule has 0 spiro atoms. The monoisotopic (exact) mass is 274 g/mol. The highest BCUT2D eigenvalue weighted by atomic mass is 32.2. The van der Waals surface area contributed by atoms with Crippen molar-refractivity contribution in [3.63, 3.8) is 0 Å². The number of hydrogen-bond acceptors (Lipinski definition) is 2. The van der Waals surface area contributed by atoms with E-state index in [1.807, 2.05) is 25.1 Å². The molecule has 2 aromatic carbocycles. The second kappa shape index (κ2) is 6.02. The van der Waals surface area contributed by atoms with Gasteiger partial charge in [-0.05, 0) is 31.5 Å². The van der Waals surface area contributed by atoms with Crippen molar-refractivity contribution in [2.75, 3.05) is 0 Å². The van der Waals surface area contributed by atoms with E-state index in [0.717, 1.165) is 5.75 Å². The van der Waals surface area contributed by atoms with Gasteiger partial charge in [0, 0.05) is 10.6 Å². The SMILES string of the molecule is CC(=O)c1c(F)cccc1SCc1cccc(C)c1. The van der Waals surface area contributed by atoms with Gasteiger partial charge in [0.1, 0.15) is 5.82 Å². The summed E-state index contributed by atoms with van der Waals surface area (Å²) in [7, 11) is 0. The smallest absolute Gasteiger partial charge is 0.163 e. The van der Waals surface area contributed by atoms with Crippen LogP contribution in [0.25, 0.3) is 0 Å². The first-order chi connectivity index (χ1) is 9.08. The Kier molecular flexibility index (Phi) is 4.38. The fourth-order valence-electron chi connectivity index (χ4n) is 1.93. The Labute approximate surface area is 116 Å². The summed E-state index contributed by atoms with van der Waals surface area (Å²) in [5.74, 6) is 0.0531. The summed E-state index contributed by atoms with van der Waals surface area (Å²) in [4.78, 5) is 12.2. The van der Waals surface area contributed by atoms with Crippen LogP contribution in [0.15, 0.2) is 47.4 Å². The van der Waals surface area contributed by atoms with Crippen molar-refractivity contribution < 1.29 is 9.18 Å². The number of benzene rings is 2. The molecule has 0 radical (unpaired) electrons. The predicted octanol–water partition coefficient (Wildman–Crippen LogP) is 4.63. The van der Waals surface area contributed by atoms with E-state index in [1.165, 1.54) is 35.9 Å². The van der Waals surface area contributed by atoms with Gasteiger partial charge in [-0.25, -0.2) is 4.39 Å². The second-order valence-corrected chi connectivity index (χ2v) is 5.46. The quantitative estimate of drug-likeness (QED) is 0.597. The lowest BCUT2D eigenvalue weighted by atomic mass is 10.1. The van der Waals surface area contributed by atoms with E-state index in [9.17, 15) is 9.18 Å². The molecule has 0 atom stereocenters. The molecule has 0 saturated heterocycles. The van der Waals surface area contributed by atoms with Gasteiger partial charge in [0.2, 0.25) is 0 Å². The zero-order valence-corrected chi connectivity index (χ0v) is 11.8. The highest BCUT2D eigenvalue weighted by Crippen LogP contribution is 2.28. The predicted molar refractivity (Wildman–Crippen MR) is 77.1 cm³/mol. The molecule has 0 bridgehead atoms. The molecule has 0 aromatic heterocycles. The summed E-state index contributed by atoms with van der Waals surface area (Å²) in [6.45, 7) is 3.44. The average Bonchev–Trinajstić information content (AvgIpc) is 2.36. The number of thioether (sulfide) groups is 1. The van der Waals surface area contributed by atoms with Gasteiger partial charge in [0.15, 0.2) is 5.78 Å². The van der Waals surface area contributed by atoms with E-state index < -0.39 is 5.82 Å².